The third kappa shape index (κ3) is 2.26. The van der Waals surface area contributed by atoms with Gasteiger partial charge in [-0.2, -0.15) is 0 Å². The van der Waals surface area contributed by atoms with Gasteiger partial charge < -0.3 is 14.6 Å². The molecule has 0 fully saturated rings. The topological polar surface area (TPSA) is 43.3 Å². The molecule has 2 heterocycles. The van der Waals surface area contributed by atoms with Gasteiger partial charge in [0.05, 0.1) is 12.8 Å². The summed E-state index contributed by atoms with van der Waals surface area (Å²) in [6, 6.07) is 14.8. The van der Waals surface area contributed by atoms with E-state index in [1.807, 2.05) is 6.07 Å². The lowest BCUT2D eigenvalue weighted by molar-refractivity contribution is -0.118. The quantitative estimate of drug-likeness (QED) is 0.626. The second-order valence-electron chi connectivity index (χ2n) is 6.19. The number of aromatic nitrogens is 1. The van der Waals surface area contributed by atoms with Crippen LogP contribution in [0.2, 0.25) is 0 Å². The predicted molar refractivity (Wildman–Crippen MR) is 95.4 cm³/mol. The van der Waals surface area contributed by atoms with Crippen molar-refractivity contribution in [3.05, 3.63) is 53.6 Å². The summed E-state index contributed by atoms with van der Waals surface area (Å²) in [6.45, 7) is 3.09. The zero-order valence-corrected chi connectivity index (χ0v) is 13.9. The Bertz CT molecular complexity index is 940. The summed E-state index contributed by atoms with van der Waals surface area (Å²) in [7, 11) is 1.69. The van der Waals surface area contributed by atoms with Gasteiger partial charge >= 0.3 is 0 Å². The predicted octanol–water partition coefficient (Wildman–Crippen LogP) is 3.36. The van der Waals surface area contributed by atoms with Crippen LogP contribution < -0.4 is 10.1 Å². The van der Waals surface area contributed by atoms with E-state index in [-0.39, 0.29) is 5.91 Å². The summed E-state index contributed by atoms with van der Waals surface area (Å²) < 4.78 is 7.79. The van der Waals surface area contributed by atoms with Gasteiger partial charge in [0.25, 0.3) is 0 Å². The number of ether oxygens (including phenoxy) is 1. The molecule has 1 amide bonds. The van der Waals surface area contributed by atoms with E-state index >= 15 is 0 Å². The Labute approximate surface area is 141 Å². The van der Waals surface area contributed by atoms with Crippen LogP contribution >= 0.6 is 0 Å². The molecule has 3 aromatic rings. The summed E-state index contributed by atoms with van der Waals surface area (Å²) in [6.07, 6.45) is 0.805. The third-order valence-corrected chi connectivity index (χ3v) is 4.73. The Morgan fingerprint density at radius 3 is 2.88 bits per heavy atom. The first kappa shape index (κ1) is 14.8. The fourth-order valence-corrected chi connectivity index (χ4v) is 3.68. The van der Waals surface area contributed by atoms with E-state index in [0.717, 1.165) is 18.7 Å². The molecule has 0 saturated carbocycles. The SMILES string of the molecule is COc1ccc2c(c1)c(CCNC(C)=O)c1n2Cc2ccccc2-1. The summed E-state index contributed by atoms with van der Waals surface area (Å²) >= 11 is 0. The number of rotatable bonds is 4. The highest BCUT2D eigenvalue weighted by molar-refractivity contribution is 5.95. The average molecular weight is 320 g/mol. The highest BCUT2D eigenvalue weighted by Gasteiger charge is 2.25. The largest absolute Gasteiger partial charge is 0.497 e. The first-order valence-electron chi connectivity index (χ1n) is 8.21. The summed E-state index contributed by atoms with van der Waals surface area (Å²) in [5.74, 6) is 0.869. The zero-order chi connectivity index (χ0) is 16.7. The minimum absolute atomic E-state index is 0.00754. The Morgan fingerprint density at radius 1 is 1.25 bits per heavy atom. The van der Waals surface area contributed by atoms with Crippen LogP contribution in [0.15, 0.2) is 42.5 Å². The van der Waals surface area contributed by atoms with Crippen molar-refractivity contribution in [1.29, 1.82) is 0 Å². The van der Waals surface area contributed by atoms with E-state index in [9.17, 15) is 4.79 Å². The van der Waals surface area contributed by atoms with E-state index in [1.54, 1.807) is 14.0 Å². The number of carbonyl (C=O) groups excluding carboxylic acids is 1. The van der Waals surface area contributed by atoms with Crippen molar-refractivity contribution >= 4 is 16.8 Å². The molecule has 0 bridgehead atoms. The second-order valence-corrected chi connectivity index (χ2v) is 6.19. The number of hydrogen-bond acceptors (Lipinski definition) is 2. The molecule has 1 aromatic heterocycles. The van der Waals surface area contributed by atoms with Crippen LogP contribution in [0.3, 0.4) is 0 Å². The number of methoxy groups -OCH3 is 1. The maximum atomic E-state index is 11.2. The third-order valence-electron chi connectivity index (χ3n) is 4.73. The van der Waals surface area contributed by atoms with Gasteiger partial charge in [-0.15, -0.1) is 0 Å². The molecule has 2 aromatic carbocycles. The number of benzene rings is 2. The molecule has 0 unspecified atom stereocenters. The van der Waals surface area contributed by atoms with Crippen LogP contribution in [0.25, 0.3) is 22.2 Å². The molecule has 4 rings (SSSR count). The molecule has 1 aliphatic heterocycles. The van der Waals surface area contributed by atoms with Gasteiger partial charge in [-0.25, -0.2) is 0 Å². The fourth-order valence-electron chi connectivity index (χ4n) is 3.68. The minimum Gasteiger partial charge on any atom is -0.497 e. The van der Waals surface area contributed by atoms with Crippen LogP contribution in [0.5, 0.6) is 5.75 Å². The number of nitrogens with zero attached hydrogens (tertiary/aromatic N) is 1. The van der Waals surface area contributed by atoms with Crippen molar-refractivity contribution in [2.75, 3.05) is 13.7 Å². The molecule has 0 aliphatic carbocycles. The molecule has 0 saturated heterocycles. The number of nitrogens with one attached hydrogen (secondary N) is 1. The molecule has 4 heteroatoms. The highest BCUT2D eigenvalue weighted by Crippen LogP contribution is 2.42. The molecular weight excluding hydrogens is 300 g/mol. The Hall–Kier alpha value is -2.75. The van der Waals surface area contributed by atoms with E-state index in [1.165, 1.54) is 33.3 Å². The van der Waals surface area contributed by atoms with E-state index in [2.05, 4.69) is 46.3 Å². The first-order valence-corrected chi connectivity index (χ1v) is 8.21. The molecule has 1 aliphatic rings. The van der Waals surface area contributed by atoms with Crippen molar-refractivity contribution in [2.45, 2.75) is 19.9 Å². The van der Waals surface area contributed by atoms with Gasteiger partial charge in [-0.3, -0.25) is 4.79 Å². The molecule has 24 heavy (non-hydrogen) atoms. The number of carbonyl (C=O) groups is 1. The maximum absolute atomic E-state index is 11.2. The lowest BCUT2D eigenvalue weighted by Gasteiger charge is -2.07. The van der Waals surface area contributed by atoms with Crippen molar-refractivity contribution < 1.29 is 9.53 Å². The lowest BCUT2D eigenvalue weighted by Crippen LogP contribution is -2.22. The number of amides is 1. The monoisotopic (exact) mass is 320 g/mol. The van der Waals surface area contributed by atoms with Gasteiger partial charge in [0.15, 0.2) is 0 Å². The van der Waals surface area contributed by atoms with Crippen molar-refractivity contribution in [3.63, 3.8) is 0 Å². The average Bonchev–Trinajstić information content (AvgIpc) is 3.10. The van der Waals surface area contributed by atoms with Crippen LogP contribution in [0.1, 0.15) is 18.1 Å². The summed E-state index contributed by atoms with van der Waals surface area (Å²) in [4.78, 5) is 11.2. The minimum atomic E-state index is 0.00754. The lowest BCUT2D eigenvalue weighted by atomic mass is 10.00. The Morgan fingerprint density at radius 2 is 2.08 bits per heavy atom. The summed E-state index contributed by atoms with van der Waals surface area (Å²) in [5.41, 5.74) is 6.43. The molecule has 0 radical (unpaired) electrons. The standard InChI is InChI=1S/C20H20N2O2/c1-13(23)21-10-9-17-18-11-15(24-2)7-8-19(18)22-12-14-5-3-4-6-16(14)20(17)22/h3-8,11H,9-10,12H2,1-2H3,(H,21,23). The normalized spacial score (nSPS) is 12.1. The number of hydrogen-bond donors (Lipinski definition) is 1. The van der Waals surface area contributed by atoms with Crippen LogP contribution in [0.4, 0.5) is 0 Å². The van der Waals surface area contributed by atoms with Gasteiger partial charge in [-0.05, 0) is 35.7 Å². The molecule has 1 N–H and O–H groups in total. The van der Waals surface area contributed by atoms with E-state index in [4.69, 9.17) is 4.74 Å². The molecule has 122 valence electrons. The van der Waals surface area contributed by atoms with Crippen molar-refractivity contribution in [2.24, 2.45) is 0 Å². The molecule has 4 nitrogen and oxygen atoms in total. The highest BCUT2D eigenvalue weighted by atomic mass is 16.5. The first-order chi connectivity index (χ1) is 11.7. The molecular formula is C20H20N2O2. The van der Waals surface area contributed by atoms with Gasteiger partial charge in [-0.1, -0.05) is 24.3 Å². The number of fused-ring (bicyclic) bond motifs is 5. The fraction of sp³-hybridized carbons (Fsp3) is 0.250. The molecule has 0 atom stereocenters. The van der Waals surface area contributed by atoms with E-state index < -0.39 is 0 Å². The maximum Gasteiger partial charge on any atom is 0.216 e. The molecule has 0 spiro atoms. The van der Waals surface area contributed by atoms with Crippen LogP contribution in [-0.4, -0.2) is 24.1 Å². The van der Waals surface area contributed by atoms with Crippen LogP contribution in [-0.2, 0) is 17.8 Å². The Kier molecular flexibility index (Phi) is 3.53. The van der Waals surface area contributed by atoms with Crippen LogP contribution in [0, 0.1) is 0 Å². The van der Waals surface area contributed by atoms with Gasteiger partial charge in [0.2, 0.25) is 5.91 Å². The van der Waals surface area contributed by atoms with Crippen molar-refractivity contribution in [1.82, 2.24) is 9.88 Å². The van der Waals surface area contributed by atoms with Crippen molar-refractivity contribution in [3.8, 4) is 17.0 Å². The zero-order valence-electron chi connectivity index (χ0n) is 13.9. The van der Waals surface area contributed by atoms with Gasteiger partial charge in [0, 0.05) is 36.5 Å². The summed E-state index contributed by atoms with van der Waals surface area (Å²) in [5, 5.41) is 4.13. The Balaban J connectivity index is 1.89. The van der Waals surface area contributed by atoms with Gasteiger partial charge in [0.1, 0.15) is 5.75 Å². The second kappa shape index (κ2) is 5.71. The smallest absolute Gasteiger partial charge is 0.216 e. The van der Waals surface area contributed by atoms with E-state index in [0.29, 0.717) is 6.54 Å².